The SMILES string of the molecule is CCCCSP(=O)([O-])SCCCC.CCCCSP(=O)([O-])SCCCC.[Zn+2]. The van der Waals surface area contributed by atoms with Crippen molar-refractivity contribution in [1.29, 1.82) is 0 Å². The van der Waals surface area contributed by atoms with Crippen LogP contribution in [-0.4, -0.2) is 23.0 Å². The summed E-state index contributed by atoms with van der Waals surface area (Å²) in [5.74, 6) is -3.35. The first-order valence-electron chi connectivity index (χ1n) is 9.44. The third-order valence-electron chi connectivity index (χ3n) is 2.99. The van der Waals surface area contributed by atoms with Gasteiger partial charge in [0, 0.05) is 0 Å². The van der Waals surface area contributed by atoms with Crippen LogP contribution in [0, 0.1) is 0 Å². The van der Waals surface area contributed by atoms with E-state index >= 15 is 0 Å². The van der Waals surface area contributed by atoms with Gasteiger partial charge in [-0.1, -0.05) is 53.4 Å². The van der Waals surface area contributed by atoms with Crippen LogP contribution in [0.2, 0.25) is 0 Å². The Kier molecular flexibility index (Phi) is 29.1. The summed E-state index contributed by atoms with van der Waals surface area (Å²) in [5.41, 5.74) is 0. The minimum atomic E-state index is -3.17. The van der Waals surface area contributed by atoms with Crippen molar-refractivity contribution >= 4 is 57.1 Å². The molecular weight excluding hydrogens is 512 g/mol. The van der Waals surface area contributed by atoms with Gasteiger partial charge in [-0.15, -0.1) is 45.5 Å². The van der Waals surface area contributed by atoms with Crippen molar-refractivity contribution in [3.63, 3.8) is 0 Å². The Bertz CT molecular complexity index is 343. The largest absolute Gasteiger partial charge is 2.00 e. The predicted molar refractivity (Wildman–Crippen MR) is 125 cm³/mol. The molecule has 0 spiro atoms. The minimum Gasteiger partial charge on any atom is -0.784 e. The molecule has 0 N–H and O–H groups in total. The number of hydrogen-bond donors (Lipinski definition) is 0. The molecule has 0 aliphatic rings. The molecule has 0 amide bonds. The van der Waals surface area contributed by atoms with Crippen molar-refractivity contribution in [3.8, 4) is 0 Å². The van der Waals surface area contributed by atoms with Gasteiger partial charge >= 0.3 is 19.5 Å². The van der Waals surface area contributed by atoms with Gasteiger partial charge in [0.25, 0.3) is 0 Å². The second kappa shape index (κ2) is 23.1. The van der Waals surface area contributed by atoms with Crippen molar-refractivity contribution < 1.29 is 38.4 Å². The normalized spacial score (nSPS) is 11.5. The maximum absolute atomic E-state index is 11.3. The molecule has 0 atom stereocenters. The van der Waals surface area contributed by atoms with Crippen molar-refractivity contribution in [2.45, 2.75) is 79.1 Å². The molecule has 0 saturated heterocycles. The Morgan fingerprint density at radius 3 is 0.889 bits per heavy atom. The van der Waals surface area contributed by atoms with Gasteiger partial charge in [0.2, 0.25) is 0 Å². The van der Waals surface area contributed by atoms with Gasteiger partial charge in [0.1, 0.15) is 11.5 Å². The van der Waals surface area contributed by atoms with E-state index in [1.54, 1.807) is 0 Å². The van der Waals surface area contributed by atoms with Crippen LogP contribution in [0.5, 0.6) is 0 Å². The van der Waals surface area contributed by atoms with Gasteiger partial charge in [0.15, 0.2) is 0 Å². The van der Waals surface area contributed by atoms with Crippen LogP contribution >= 0.6 is 57.1 Å². The molecule has 0 aromatic rings. The van der Waals surface area contributed by atoms with Crippen LogP contribution < -0.4 is 9.79 Å². The molecule has 0 aromatic heterocycles. The molecule has 0 heterocycles. The van der Waals surface area contributed by atoms with Gasteiger partial charge in [-0.05, 0) is 48.7 Å². The summed E-state index contributed by atoms with van der Waals surface area (Å²) in [6.45, 7) is 8.28. The average molecular weight is 548 g/mol. The second-order valence-corrected chi connectivity index (χ2v) is 20.3. The van der Waals surface area contributed by atoms with Crippen molar-refractivity contribution in [3.05, 3.63) is 0 Å². The molecule has 11 heteroatoms. The molecule has 0 unspecified atom stereocenters. The predicted octanol–water partition coefficient (Wildman–Crippen LogP) is 7.04. The van der Waals surface area contributed by atoms with Crippen LogP contribution in [0.3, 0.4) is 0 Å². The minimum absolute atomic E-state index is 0. The van der Waals surface area contributed by atoms with Crippen molar-refractivity contribution in [2.75, 3.05) is 23.0 Å². The Balaban J connectivity index is -0.000000411. The summed E-state index contributed by atoms with van der Waals surface area (Å²) in [5, 5.41) is 0. The molecule has 0 saturated carbocycles. The average Bonchev–Trinajstić information content (AvgIpc) is 2.56. The van der Waals surface area contributed by atoms with Crippen molar-refractivity contribution in [2.24, 2.45) is 0 Å². The van der Waals surface area contributed by atoms with Gasteiger partial charge in [-0.25, -0.2) is 0 Å². The van der Waals surface area contributed by atoms with E-state index in [2.05, 4.69) is 27.7 Å². The Labute approximate surface area is 196 Å². The monoisotopic (exact) mass is 546 g/mol. The Hall–Kier alpha value is 2.40. The second-order valence-electron chi connectivity index (χ2n) is 5.64. The molecule has 0 bridgehead atoms. The quantitative estimate of drug-likeness (QED) is 0.116. The number of unbranched alkanes of at least 4 members (excludes halogenated alkanes) is 4. The fourth-order valence-electron chi connectivity index (χ4n) is 1.36. The third kappa shape index (κ3) is 28.4. The standard InChI is InChI=1S/2C8H19O2PS2.Zn/c2*1-3-5-7-12-11(9,10)13-8-6-4-2;/h2*3-8H2,1-2H3,(H,9,10);/q;;+2/p-2. The summed E-state index contributed by atoms with van der Waals surface area (Å²) < 4.78 is 22.7. The maximum atomic E-state index is 11.3. The third-order valence-corrected chi connectivity index (χ3v) is 15.9. The molecule has 27 heavy (non-hydrogen) atoms. The first kappa shape index (κ1) is 34.0. The van der Waals surface area contributed by atoms with Crippen LogP contribution in [0.15, 0.2) is 0 Å². The van der Waals surface area contributed by atoms with E-state index in [0.717, 1.165) is 120 Å². The zero-order valence-corrected chi connectivity index (χ0v) is 25.4. The van der Waals surface area contributed by atoms with Gasteiger partial charge in [-0.2, -0.15) is 0 Å². The summed E-state index contributed by atoms with van der Waals surface area (Å²) in [6.07, 6.45) is 8.21. The first-order valence-corrected chi connectivity index (χ1v) is 19.1. The fourth-order valence-corrected chi connectivity index (χ4v) is 12.8. The van der Waals surface area contributed by atoms with Crippen LogP contribution in [0.25, 0.3) is 0 Å². The van der Waals surface area contributed by atoms with Crippen LogP contribution in [-0.2, 0) is 28.6 Å². The number of hydrogen-bond acceptors (Lipinski definition) is 8. The zero-order valence-electron chi connectivity index (χ0n) is 17.4. The maximum Gasteiger partial charge on any atom is 2.00 e. The summed E-state index contributed by atoms with van der Waals surface area (Å²) in [6, 6.07) is 0. The van der Waals surface area contributed by atoms with E-state index in [9.17, 15) is 18.9 Å². The first-order chi connectivity index (χ1) is 12.2. The molecule has 4 nitrogen and oxygen atoms in total. The molecular formula is C16H36O4P2S4Zn. The van der Waals surface area contributed by atoms with Crippen LogP contribution in [0.4, 0.5) is 0 Å². The van der Waals surface area contributed by atoms with Crippen molar-refractivity contribution in [1.82, 2.24) is 0 Å². The van der Waals surface area contributed by atoms with Gasteiger partial charge in [-0.3, -0.25) is 0 Å². The Morgan fingerprint density at radius 2 is 0.741 bits per heavy atom. The smallest absolute Gasteiger partial charge is 0.784 e. The zero-order chi connectivity index (χ0) is 20.3. The molecule has 0 aliphatic carbocycles. The van der Waals surface area contributed by atoms with Crippen LogP contribution in [0.1, 0.15) is 79.1 Å². The molecule has 0 radical (unpaired) electrons. The fraction of sp³-hybridized carbons (Fsp3) is 1.00. The van der Waals surface area contributed by atoms with E-state index in [0.29, 0.717) is 0 Å². The summed E-state index contributed by atoms with van der Waals surface area (Å²) in [7, 11) is 0. The summed E-state index contributed by atoms with van der Waals surface area (Å²) in [4.78, 5) is 22.7. The molecule has 0 aliphatic heterocycles. The Morgan fingerprint density at radius 1 is 0.556 bits per heavy atom. The molecule has 0 aromatic carbocycles. The molecule has 0 rings (SSSR count). The van der Waals surface area contributed by atoms with E-state index in [1.807, 2.05) is 0 Å². The molecule has 160 valence electrons. The molecule has 0 fully saturated rings. The number of rotatable bonds is 16. The summed E-state index contributed by atoms with van der Waals surface area (Å²) >= 11 is 4.47. The van der Waals surface area contributed by atoms with Gasteiger partial charge < -0.3 is 18.9 Å². The van der Waals surface area contributed by atoms with Gasteiger partial charge in [0.05, 0.1) is 0 Å². The van der Waals surface area contributed by atoms with E-state index in [4.69, 9.17) is 0 Å². The van der Waals surface area contributed by atoms with E-state index in [-0.39, 0.29) is 19.5 Å². The van der Waals surface area contributed by atoms with E-state index in [1.165, 1.54) is 0 Å². The topological polar surface area (TPSA) is 80.3 Å². The van der Waals surface area contributed by atoms with E-state index < -0.39 is 11.5 Å².